The van der Waals surface area contributed by atoms with Crippen LogP contribution in [0.5, 0.6) is 0 Å². The number of carbonyl (C=O) groups excluding carboxylic acids is 2. The van der Waals surface area contributed by atoms with Crippen molar-refractivity contribution in [3.8, 4) is 0 Å². The number of aromatic nitrogens is 5. The number of hydrogen-bond donors (Lipinski definition) is 0. The molecule has 3 aliphatic rings. The lowest BCUT2D eigenvalue weighted by atomic mass is 10.1. The average Bonchev–Trinajstić information content (AvgIpc) is 3.38. The molecule has 1 amide bonds. The van der Waals surface area contributed by atoms with Gasteiger partial charge in [0.15, 0.2) is 39.6 Å². The number of thioether (sulfide) groups is 1. The third kappa shape index (κ3) is 7.66. The molecule has 1 aliphatic heterocycles. The Kier molecular flexibility index (Phi) is 9.52. The highest BCUT2D eigenvalue weighted by Crippen LogP contribution is 2.49. The number of benzene rings is 1. The van der Waals surface area contributed by atoms with Crippen molar-refractivity contribution in [1.82, 2.24) is 25.0 Å². The van der Waals surface area contributed by atoms with Crippen LogP contribution >= 0.6 is 11.8 Å². The van der Waals surface area contributed by atoms with E-state index in [1.165, 1.54) is 22.7 Å². The van der Waals surface area contributed by atoms with Gasteiger partial charge in [0, 0.05) is 24.1 Å². The SMILES string of the molecule is CCCSc1nc(N(C(=O)OC(C)(C)C)C2CC2c2ccc([18F])c(F)c2)c2nnn([C@@H]3C[C@H](OC(=O)OC(C)(C)C)[C@H]4OC(C)(C)O[C@H]43)c2n1. The van der Waals surface area contributed by atoms with Gasteiger partial charge < -0.3 is 23.7 Å². The Morgan fingerprint density at radius 3 is 2.38 bits per heavy atom. The van der Waals surface area contributed by atoms with Gasteiger partial charge in [-0.2, -0.15) is 0 Å². The molecule has 3 fully saturated rings. The normalized spacial score (nSPS) is 25.7. The van der Waals surface area contributed by atoms with E-state index in [4.69, 9.17) is 33.7 Å². The summed E-state index contributed by atoms with van der Waals surface area (Å²) >= 11 is 1.41. The summed E-state index contributed by atoms with van der Waals surface area (Å²) in [5, 5.41) is 9.39. The van der Waals surface area contributed by atoms with Crippen molar-refractivity contribution in [3.63, 3.8) is 0 Å². The maximum Gasteiger partial charge on any atom is 0.509 e. The number of rotatable bonds is 8. The number of ether oxygens (including phenoxy) is 5. The third-order valence-corrected chi connectivity index (χ3v) is 9.39. The highest BCUT2D eigenvalue weighted by molar-refractivity contribution is 7.99. The molecule has 50 heavy (non-hydrogen) atoms. The molecule has 0 spiro atoms. The van der Waals surface area contributed by atoms with Crippen LogP contribution in [0.3, 0.4) is 0 Å². The first-order valence-corrected chi connectivity index (χ1v) is 17.8. The maximum atomic E-state index is 14.3. The molecule has 1 aromatic carbocycles. The summed E-state index contributed by atoms with van der Waals surface area (Å²) in [5.41, 5.74) is -0.485. The van der Waals surface area contributed by atoms with E-state index in [0.717, 1.165) is 18.6 Å². The second-order valence-corrected chi connectivity index (χ2v) is 16.4. The molecule has 3 heterocycles. The first-order chi connectivity index (χ1) is 23.3. The smallest absolute Gasteiger partial charge is 0.443 e. The molecule has 0 bridgehead atoms. The van der Waals surface area contributed by atoms with Crippen molar-refractivity contribution in [2.24, 2.45) is 0 Å². The highest BCUT2D eigenvalue weighted by atomic mass is 32.2. The van der Waals surface area contributed by atoms with Crippen LogP contribution in [-0.2, 0) is 23.7 Å². The lowest BCUT2D eigenvalue weighted by molar-refractivity contribution is -0.168. The van der Waals surface area contributed by atoms with Crippen molar-refractivity contribution in [2.75, 3.05) is 10.7 Å². The largest absolute Gasteiger partial charge is 0.509 e. The lowest BCUT2D eigenvalue weighted by Gasteiger charge is -2.27. The molecule has 2 saturated carbocycles. The monoisotopic (exact) mass is 717 g/mol. The predicted molar refractivity (Wildman–Crippen MR) is 179 cm³/mol. The highest BCUT2D eigenvalue weighted by Gasteiger charge is 2.57. The molecule has 16 heteroatoms. The van der Waals surface area contributed by atoms with E-state index in [0.29, 0.717) is 28.5 Å². The first kappa shape index (κ1) is 36.2. The molecule has 6 rings (SSSR count). The summed E-state index contributed by atoms with van der Waals surface area (Å²) in [7, 11) is 0. The van der Waals surface area contributed by atoms with Gasteiger partial charge in [0.25, 0.3) is 0 Å². The minimum atomic E-state index is -0.976. The first-order valence-electron chi connectivity index (χ1n) is 16.8. The van der Waals surface area contributed by atoms with Crippen molar-refractivity contribution < 1.29 is 42.1 Å². The van der Waals surface area contributed by atoms with Crippen LogP contribution in [0.2, 0.25) is 0 Å². The predicted octanol–water partition coefficient (Wildman–Crippen LogP) is 7.08. The van der Waals surface area contributed by atoms with Crippen LogP contribution in [0.25, 0.3) is 11.2 Å². The Bertz CT molecular complexity index is 1780. The molecule has 13 nitrogen and oxygen atoms in total. The van der Waals surface area contributed by atoms with Gasteiger partial charge in [0.05, 0.1) is 6.04 Å². The zero-order valence-corrected chi connectivity index (χ0v) is 30.5. The van der Waals surface area contributed by atoms with Crippen molar-refractivity contribution in [2.45, 2.75) is 140 Å². The summed E-state index contributed by atoms with van der Waals surface area (Å²) in [6, 6.07) is 2.73. The van der Waals surface area contributed by atoms with Gasteiger partial charge in [-0.3, -0.25) is 4.90 Å². The minimum absolute atomic E-state index is 0.184. The van der Waals surface area contributed by atoms with E-state index in [1.807, 2.05) is 6.92 Å². The summed E-state index contributed by atoms with van der Waals surface area (Å²) in [4.78, 5) is 37.8. The second-order valence-electron chi connectivity index (χ2n) is 15.3. The molecule has 6 atom stereocenters. The van der Waals surface area contributed by atoms with Crippen molar-refractivity contribution >= 4 is 41.0 Å². The van der Waals surface area contributed by atoms with E-state index in [-0.39, 0.29) is 23.7 Å². The van der Waals surface area contributed by atoms with Gasteiger partial charge in [-0.15, -0.1) is 5.10 Å². The van der Waals surface area contributed by atoms with Crippen molar-refractivity contribution in [3.05, 3.63) is 35.4 Å². The standard InChI is InChI=1S/C34H44F2N6O7S/c1-10-13-50-29-37-27(41(30(43)48-32(2,3)4)21-15-18(21)17-11-12-19(35)20(36)14-17)24-28(38-29)42(40-39-24)22-16-23(45-31(44)49-33(5,6)7)26-25(22)46-34(8,9)47-26/h11-12,14,18,21-23,25-26H,10,13,15-16H2,1-9H3/t18?,21?,22-,23+,25+,26-/m1/s1/i35-1. The quantitative estimate of drug-likeness (QED) is 0.134. The number of carbonyl (C=O) groups is 2. The number of nitrogens with zero attached hydrogens (tertiary/aromatic N) is 6. The van der Waals surface area contributed by atoms with Crippen LogP contribution in [0, 0.1) is 11.6 Å². The van der Waals surface area contributed by atoms with Crippen LogP contribution in [0.4, 0.5) is 24.2 Å². The van der Waals surface area contributed by atoms with Gasteiger partial charge in [-0.05, 0) is 85.9 Å². The molecule has 2 aliphatic carbocycles. The average molecular weight is 718 g/mol. The van der Waals surface area contributed by atoms with Gasteiger partial charge >= 0.3 is 12.2 Å². The summed E-state index contributed by atoms with van der Waals surface area (Å²) in [6.07, 6.45) is -1.88. The summed E-state index contributed by atoms with van der Waals surface area (Å²) in [5.74, 6) is -2.31. The van der Waals surface area contributed by atoms with Gasteiger partial charge in [-0.25, -0.2) is 33.0 Å². The Labute approximate surface area is 293 Å². The summed E-state index contributed by atoms with van der Waals surface area (Å²) < 4.78 is 59.3. The number of fused-ring (bicyclic) bond motifs is 2. The van der Waals surface area contributed by atoms with Crippen molar-refractivity contribution in [1.29, 1.82) is 0 Å². The Balaban J connectivity index is 1.41. The van der Waals surface area contributed by atoms with E-state index in [9.17, 15) is 18.4 Å². The van der Waals surface area contributed by atoms with E-state index in [1.54, 1.807) is 60.1 Å². The fourth-order valence-electron chi connectivity index (χ4n) is 6.36. The van der Waals surface area contributed by atoms with Gasteiger partial charge in [-0.1, -0.05) is 30.0 Å². The molecular weight excluding hydrogens is 673 g/mol. The Hall–Kier alpha value is -3.63. The molecule has 3 aromatic rings. The molecule has 2 unspecified atom stereocenters. The number of hydrogen-bond acceptors (Lipinski definition) is 12. The molecule has 1 saturated heterocycles. The van der Waals surface area contributed by atoms with E-state index in [2.05, 4.69) is 10.3 Å². The van der Waals surface area contributed by atoms with Gasteiger partial charge in [0.1, 0.15) is 29.5 Å². The molecule has 2 aromatic heterocycles. The van der Waals surface area contributed by atoms with E-state index >= 15 is 0 Å². The lowest BCUT2D eigenvalue weighted by Crippen LogP contribution is -2.39. The zero-order valence-electron chi connectivity index (χ0n) is 29.7. The van der Waals surface area contributed by atoms with E-state index < -0.39 is 71.3 Å². The van der Waals surface area contributed by atoms with Crippen LogP contribution in [0.1, 0.15) is 99.1 Å². The fraction of sp³-hybridized carbons (Fsp3) is 0.647. The number of halogens is 2. The van der Waals surface area contributed by atoms with Crippen LogP contribution in [-0.4, -0.2) is 84.3 Å². The number of anilines is 1. The minimum Gasteiger partial charge on any atom is -0.443 e. The molecular formula is C34H44F2N6O7S. The Morgan fingerprint density at radius 1 is 1.02 bits per heavy atom. The van der Waals surface area contributed by atoms with Crippen LogP contribution < -0.4 is 4.90 Å². The summed E-state index contributed by atoms with van der Waals surface area (Å²) in [6.45, 7) is 16.1. The van der Waals surface area contributed by atoms with Crippen LogP contribution in [0.15, 0.2) is 23.4 Å². The zero-order chi connectivity index (χ0) is 36.3. The molecule has 0 radical (unpaired) electrons. The second kappa shape index (κ2) is 13.2. The fourth-order valence-corrected chi connectivity index (χ4v) is 7.05. The topological polar surface area (TPSA) is 140 Å². The third-order valence-electron chi connectivity index (χ3n) is 8.33. The molecule has 272 valence electrons. The number of amides is 1. The molecule has 0 N–H and O–H groups in total. The Morgan fingerprint density at radius 2 is 1.72 bits per heavy atom. The van der Waals surface area contributed by atoms with Gasteiger partial charge in [0.2, 0.25) is 0 Å². The maximum absolute atomic E-state index is 14.3.